The van der Waals surface area contributed by atoms with E-state index in [0.717, 1.165) is 4.90 Å². The zero-order valence-corrected chi connectivity index (χ0v) is 22.8. The number of fused-ring (bicyclic) bond motifs is 2. The molecule has 4 amide bonds. The Kier molecular flexibility index (Phi) is 7.33. The van der Waals surface area contributed by atoms with Crippen LogP contribution in [0.15, 0.2) is 24.3 Å². The number of hydrogen-bond acceptors (Lipinski definition) is 5. The molecule has 0 radical (unpaired) electrons. The Balaban J connectivity index is 1.58. The van der Waals surface area contributed by atoms with Gasteiger partial charge in [0, 0.05) is 25.7 Å². The second-order valence-electron chi connectivity index (χ2n) is 11.2. The van der Waals surface area contributed by atoms with Crippen LogP contribution < -0.4 is 10.6 Å². The predicted octanol–water partition coefficient (Wildman–Crippen LogP) is 2.76. The van der Waals surface area contributed by atoms with E-state index in [2.05, 4.69) is 11.4 Å². The summed E-state index contributed by atoms with van der Waals surface area (Å²) in [7, 11) is 1.21. The normalized spacial score (nSPS) is 26.1. The molecule has 1 saturated heterocycles. The zero-order valence-electron chi connectivity index (χ0n) is 22.8. The molecular formula is C27H30F5N5O4. The molecule has 9 nitrogen and oxygen atoms in total. The lowest BCUT2D eigenvalue weighted by Crippen LogP contribution is -2.57. The summed E-state index contributed by atoms with van der Waals surface area (Å²) in [6.45, 7) is 4.72. The molecule has 2 fully saturated rings. The summed E-state index contributed by atoms with van der Waals surface area (Å²) in [6.07, 6.45) is -0.201. The third kappa shape index (κ3) is 4.23. The first-order valence-electron chi connectivity index (χ1n) is 13.1. The average Bonchev–Trinajstić information content (AvgIpc) is 3.29. The largest absolute Gasteiger partial charge is 0.362 e. The Morgan fingerprint density at radius 3 is 2.32 bits per heavy atom. The van der Waals surface area contributed by atoms with Crippen molar-refractivity contribution in [1.82, 2.24) is 15.1 Å². The van der Waals surface area contributed by atoms with E-state index in [1.54, 1.807) is 43.4 Å². The van der Waals surface area contributed by atoms with Crippen molar-refractivity contribution in [2.75, 3.05) is 18.9 Å². The van der Waals surface area contributed by atoms with E-state index in [4.69, 9.17) is 0 Å². The number of nitrogens with zero attached hydrogens (tertiary/aromatic N) is 3. The van der Waals surface area contributed by atoms with Gasteiger partial charge in [-0.15, -0.1) is 0 Å². The van der Waals surface area contributed by atoms with Crippen molar-refractivity contribution in [3.8, 4) is 6.07 Å². The molecule has 2 N–H and O–H groups in total. The third-order valence-electron chi connectivity index (χ3n) is 8.23. The SMILES string of the molecule is CC[C@H](NC(=O)C1(F)C(F)(F)C1(F)F)C(=O)N(C)[C@@H](CC(C)C)C(=O)N1C[C@]2(C[C@H]1C#N)C(=O)Nc1ccccc12. The van der Waals surface area contributed by atoms with E-state index in [0.29, 0.717) is 11.3 Å². The van der Waals surface area contributed by atoms with E-state index in [9.17, 15) is 46.4 Å². The van der Waals surface area contributed by atoms with Gasteiger partial charge in [0.15, 0.2) is 0 Å². The molecular weight excluding hydrogens is 553 g/mol. The second kappa shape index (κ2) is 9.95. The fourth-order valence-electron chi connectivity index (χ4n) is 5.72. The molecule has 1 aromatic rings. The number of anilines is 1. The molecule has 14 heteroatoms. The Morgan fingerprint density at radius 1 is 1.17 bits per heavy atom. The lowest BCUT2D eigenvalue weighted by atomic mass is 9.80. The Morgan fingerprint density at radius 2 is 1.78 bits per heavy atom. The van der Waals surface area contributed by atoms with Crippen LogP contribution in [0.4, 0.5) is 27.6 Å². The molecule has 2 aliphatic heterocycles. The van der Waals surface area contributed by atoms with Gasteiger partial charge >= 0.3 is 17.5 Å². The summed E-state index contributed by atoms with van der Waals surface area (Å²) in [4.78, 5) is 54.7. The summed E-state index contributed by atoms with van der Waals surface area (Å²) < 4.78 is 67.9. The van der Waals surface area contributed by atoms with Crippen LogP contribution >= 0.6 is 0 Å². The average molecular weight is 584 g/mol. The van der Waals surface area contributed by atoms with E-state index in [1.165, 1.54) is 18.9 Å². The number of nitriles is 1. The Hall–Kier alpha value is -3.76. The molecule has 1 aliphatic carbocycles. The molecule has 0 bridgehead atoms. The topological polar surface area (TPSA) is 123 Å². The quantitative estimate of drug-likeness (QED) is 0.456. The molecule has 1 aromatic carbocycles. The summed E-state index contributed by atoms with van der Waals surface area (Å²) in [6, 6.07) is 5.00. The number of carbonyl (C=O) groups excluding carboxylic acids is 4. The third-order valence-corrected chi connectivity index (χ3v) is 8.23. The van der Waals surface area contributed by atoms with Crippen molar-refractivity contribution < 1.29 is 41.1 Å². The fraction of sp³-hybridized carbons (Fsp3) is 0.593. The van der Waals surface area contributed by atoms with E-state index in [1.807, 2.05) is 0 Å². The summed E-state index contributed by atoms with van der Waals surface area (Å²) >= 11 is 0. The van der Waals surface area contributed by atoms with Crippen LogP contribution in [0.25, 0.3) is 0 Å². The minimum absolute atomic E-state index is 0.0127. The lowest BCUT2D eigenvalue weighted by molar-refractivity contribution is -0.148. The maximum Gasteiger partial charge on any atom is 0.362 e. The first-order valence-corrected chi connectivity index (χ1v) is 13.1. The van der Waals surface area contributed by atoms with E-state index >= 15 is 0 Å². The van der Waals surface area contributed by atoms with Gasteiger partial charge in [0.05, 0.1) is 11.5 Å². The second-order valence-corrected chi connectivity index (χ2v) is 11.2. The van der Waals surface area contributed by atoms with Gasteiger partial charge in [0.1, 0.15) is 18.1 Å². The maximum atomic E-state index is 14.3. The molecule has 222 valence electrons. The standard InChI is InChI=1S/C27H30F5N5O4/c1-5-17(34-23(41)25(28)26(29,30)27(25,31)32)20(38)36(4)19(10-14(2)3)21(39)37-13-24(11-15(37)12-33)16-8-6-7-9-18(16)35-22(24)40/h6-9,14-15,17,19H,5,10-11,13H2,1-4H3,(H,34,41)(H,35,40)/t15-,17-,19-,24-/m0/s1. The number of rotatable bonds is 8. The van der Waals surface area contributed by atoms with Crippen molar-refractivity contribution in [2.24, 2.45) is 5.92 Å². The van der Waals surface area contributed by atoms with Crippen LogP contribution in [0, 0.1) is 17.2 Å². The van der Waals surface area contributed by atoms with E-state index < -0.39 is 58.8 Å². The minimum Gasteiger partial charge on any atom is -0.341 e. The van der Waals surface area contributed by atoms with Gasteiger partial charge in [-0.25, -0.2) is 4.39 Å². The Bertz CT molecular complexity index is 1320. The van der Waals surface area contributed by atoms with Gasteiger partial charge in [0.25, 0.3) is 5.91 Å². The first-order chi connectivity index (χ1) is 19.0. The van der Waals surface area contributed by atoms with Gasteiger partial charge in [-0.3, -0.25) is 19.2 Å². The van der Waals surface area contributed by atoms with Gasteiger partial charge in [-0.2, -0.15) is 22.8 Å². The van der Waals surface area contributed by atoms with Crippen molar-refractivity contribution in [2.45, 2.75) is 81.1 Å². The monoisotopic (exact) mass is 583 g/mol. The number of likely N-dealkylation sites (tertiary alicyclic amines) is 1. The lowest BCUT2D eigenvalue weighted by Gasteiger charge is -2.35. The molecule has 4 rings (SSSR count). The number of nitrogens with one attached hydrogen (secondary N) is 2. The number of likely N-dealkylation sites (N-methyl/N-ethyl adjacent to an activating group) is 1. The van der Waals surface area contributed by atoms with Crippen LogP contribution in [0.1, 0.15) is 45.6 Å². The molecule has 2 heterocycles. The van der Waals surface area contributed by atoms with Crippen LogP contribution in [0.2, 0.25) is 0 Å². The number of hydrogen-bond donors (Lipinski definition) is 2. The minimum atomic E-state index is -5.23. The highest BCUT2D eigenvalue weighted by Gasteiger charge is 3.02. The molecule has 1 spiro atoms. The van der Waals surface area contributed by atoms with Crippen molar-refractivity contribution in [1.29, 1.82) is 5.26 Å². The highest BCUT2D eigenvalue weighted by Crippen LogP contribution is 2.68. The molecule has 41 heavy (non-hydrogen) atoms. The van der Waals surface area contributed by atoms with Crippen LogP contribution in [-0.2, 0) is 24.6 Å². The number of amides is 4. The van der Waals surface area contributed by atoms with Crippen molar-refractivity contribution in [3.05, 3.63) is 29.8 Å². The van der Waals surface area contributed by atoms with Gasteiger partial charge < -0.3 is 20.4 Å². The van der Waals surface area contributed by atoms with Crippen molar-refractivity contribution in [3.63, 3.8) is 0 Å². The fourth-order valence-corrected chi connectivity index (χ4v) is 5.72. The molecule has 1 saturated carbocycles. The highest BCUT2D eigenvalue weighted by molar-refractivity contribution is 6.07. The van der Waals surface area contributed by atoms with Crippen molar-refractivity contribution >= 4 is 29.3 Å². The van der Waals surface area contributed by atoms with Gasteiger partial charge in [-0.05, 0) is 30.4 Å². The first kappa shape index (κ1) is 30.2. The van der Waals surface area contributed by atoms with Crippen LogP contribution in [0.3, 0.4) is 0 Å². The highest BCUT2D eigenvalue weighted by atomic mass is 19.3. The smallest absolute Gasteiger partial charge is 0.341 e. The van der Waals surface area contributed by atoms with E-state index in [-0.39, 0.29) is 37.6 Å². The molecule has 0 unspecified atom stereocenters. The zero-order chi connectivity index (χ0) is 30.7. The number of halogens is 5. The maximum absolute atomic E-state index is 14.3. The Labute approximate surface area is 233 Å². The number of para-hydroxylation sites is 1. The van der Waals surface area contributed by atoms with Gasteiger partial charge in [0.2, 0.25) is 17.7 Å². The van der Waals surface area contributed by atoms with Crippen LogP contribution in [-0.4, -0.2) is 82.7 Å². The molecule has 0 aromatic heterocycles. The predicted molar refractivity (Wildman–Crippen MR) is 134 cm³/mol. The molecule has 3 aliphatic rings. The number of carbonyl (C=O) groups is 4. The summed E-state index contributed by atoms with van der Waals surface area (Å²) in [5.74, 6) is -15.0. The summed E-state index contributed by atoms with van der Waals surface area (Å²) in [5, 5.41) is 14.3. The van der Waals surface area contributed by atoms with Crippen LogP contribution in [0.5, 0.6) is 0 Å². The van der Waals surface area contributed by atoms with Gasteiger partial charge in [-0.1, -0.05) is 39.0 Å². The summed E-state index contributed by atoms with van der Waals surface area (Å²) in [5.41, 5.74) is -4.78. The number of alkyl halides is 5. The number of benzene rings is 1. The molecule has 4 atom stereocenters.